The van der Waals surface area contributed by atoms with E-state index in [9.17, 15) is 9.13 Å². The van der Waals surface area contributed by atoms with Gasteiger partial charge in [0.25, 0.3) is 0 Å². The van der Waals surface area contributed by atoms with Crippen LogP contribution < -0.4 is 9.05 Å². The molecule has 2 aromatic carbocycles. The number of rotatable bonds is 19. The number of para-hydroxylation sites is 2. The van der Waals surface area contributed by atoms with E-state index in [4.69, 9.17) is 27.1 Å². The molecule has 0 spiro atoms. The van der Waals surface area contributed by atoms with Crippen molar-refractivity contribution in [2.75, 3.05) is 26.4 Å². The summed E-state index contributed by atoms with van der Waals surface area (Å²) in [7, 11) is -7.12. The van der Waals surface area contributed by atoms with Crippen molar-refractivity contribution in [3.8, 4) is 11.5 Å². The molecule has 8 nitrogen and oxygen atoms in total. The SMILES string of the molecule is C=CCCOP(=O)(OCC(C)C)Oc1ccccc1.C=CCCOP(=O)(OCCCC)Oc1ccccc1. The maximum Gasteiger partial charge on any atom is 0.530 e. The van der Waals surface area contributed by atoms with E-state index in [1.165, 1.54) is 0 Å². The molecule has 38 heavy (non-hydrogen) atoms. The molecule has 2 atom stereocenters. The lowest BCUT2D eigenvalue weighted by Crippen LogP contribution is -2.07. The molecule has 0 heterocycles. The zero-order chi connectivity index (χ0) is 28.1. The first-order valence-electron chi connectivity index (χ1n) is 12.7. The third kappa shape index (κ3) is 15.9. The minimum absolute atomic E-state index is 0.246. The first-order valence-corrected chi connectivity index (χ1v) is 15.7. The number of phosphoric ester groups is 2. The van der Waals surface area contributed by atoms with Gasteiger partial charge in [0, 0.05) is 0 Å². The van der Waals surface area contributed by atoms with Gasteiger partial charge in [-0.3, -0.25) is 18.1 Å². The number of phosphoric acid groups is 2. The molecular formula is C28H42O8P2. The fraction of sp³-hybridized carbons (Fsp3) is 0.429. The van der Waals surface area contributed by atoms with Crippen LogP contribution in [-0.4, -0.2) is 26.4 Å². The highest BCUT2D eigenvalue weighted by Gasteiger charge is 2.29. The van der Waals surface area contributed by atoms with Gasteiger partial charge in [-0.1, -0.05) is 75.7 Å². The highest BCUT2D eigenvalue weighted by atomic mass is 31.2. The molecule has 0 N–H and O–H groups in total. The average Bonchev–Trinajstić information content (AvgIpc) is 2.90. The number of unbranched alkanes of at least 4 members (excludes halogenated alkanes) is 1. The summed E-state index contributed by atoms with van der Waals surface area (Å²) in [6.07, 6.45) is 6.34. The van der Waals surface area contributed by atoms with Crippen LogP contribution in [0.5, 0.6) is 11.5 Å². The molecule has 0 aliphatic heterocycles. The van der Waals surface area contributed by atoms with Crippen molar-refractivity contribution < 1.29 is 36.3 Å². The van der Waals surface area contributed by atoms with Crippen molar-refractivity contribution in [2.45, 2.75) is 46.5 Å². The van der Waals surface area contributed by atoms with E-state index in [1.54, 1.807) is 60.7 Å². The van der Waals surface area contributed by atoms with Crippen LogP contribution in [0.1, 0.15) is 46.5 Å². The van der Waals surface area contributed by atoms with Crippen LogP contribution in [0.4, 0.5) is 0 Å². The van der Waals surface area contributed by atoms with Gasteiger partial charge >= 0.3 is 15.6 Å². The third-order valence-corrected chi connectivity index (χ3v) is 7.21. The number of hydrogen-bond donors (Lipinski definition) is 0. The average molecular weight is 569 g/mol. The Kier molecular flexibility index (Phi) is 17.7. The quantitative estimate of drug-likeness (QED) is 0.0942. The Hall–Kier alpha value is -2.18. The molecule has 10 heteroatoms. The molecule has 0 aromatic heterocycles. The van der Waals surface area contributed by atoms with Gasteiger partial charge < -0.3 is 9.05 Å². The molecule has 0 amide bonds. The van der Waals surface area contributed by atoms with E-state index in [2.05, 4.69) is 13.2 Å². The standard InChI is InChI=1S/2C14H21O4P/c1-4-5-11-16-19(15,17-12-13(2)3)18-14-9-7-6-8-10-14;1-3-5-12-16-19(15,17-13-6-4-2)18-14-10-8-7-9-11-14/h4,6-10,13H,1,5,11-12H2,2-3H3;3,7-11H,1,4-6,12-13H2,2H3. The Labute approximate surface area is 228 Å². The summed E-state index contributed by atoms with van der Waals surface area (Å²) in [6, 6.07) is 17.8. The van der Waals surface area contributed by atoms with Gasteiger partial charge in [0.05, 0.1) is 26.4 Å². The fourth-order valence-corrected chi connectivity index (χ4v) is 5.07. The molecule has 0 bridgehead atoms. The molecule has 0 aliphatic carbocycles. The van der Waals surface area contributed by atoms with E-state index < -0.39 is 15.6 Å². The Morgan fingerprint density at radius 1 is 0.711 bits per heavy atom. The molecule has 2 unspecified atom stereocenters. The van der Waals surface area contributed by atoms with Crippen LogP contribution in [0.15, 0.2) is 86.0 Å². The van der Waals surface area contributed by atoms with E-state index in [-0.39, 0.29) is 19.1 Å². The Morgan fingerprint density at radius 2 is 1.13 bits per heavy atom. The number of benzene rings is 2. The van der Waals surface area contributed by atoms with Gasteiger partial charge in [0.1, 0.15) is 11.5 Å². The van der Waals surface area contributed by atoms with Gasteiger partial charge in [-0.15, -0.1) is 13.2 Å². The lowest BCUT2D eigenvalue weighted by atomic mass is 10.2. The largest absolute Gasteiger partial charge is 0.530 e. The van der Waals surface area contributed by atoms with Crippen LogP contribution in [-0.2, 0) is 27.2 Å². The molecule has 0 aliphatic rings. The normalized spacial score (nSPS) is 13.9. The summed E-state index contributed by atoms with van der Waals surface area (Å²) in [5.74, 6) is 1.19. The summed E-state index contributed by atoms with van der Waals surface area (Å²) < 4.78 is 56.8. The van der Waals surface area contributed by atoms with Crippen molar-refractivity contribution >= 4 is 15.6 Å². The van der Waals surface area contributed by atoms with Gasteiger partial charge in [-0.25, -0.2) is 9.13 Å². The van der Waals surface area contributed by atoms with Gasteiger partial charge in [0.15, 0.2) is 0 Å². The molecule has 2 rings (SSSR count). The van der Waals surface area contributed by atoms with Crippen molar-refractivity contribution in [3.05, 3.63) is 86.0 Å². The zero-order valence-corrected chi connectivity index (χ0v) is 24.5. The van der Waals surface area contributed by atoms with E-state index in [0.29, 0.717) is 37.6 Å². The van der Waals surface area contributed by atoms with Crippen molar-refractivity contribution in [2.24, 2.45) is 5.92 Å². The first-order chi connectivity index (χ1) is 18.3. The Bertz CT molecular complexity index is 983. The molecule has 212 valence electrons. The van der Waals surface area contributed by atoms with Crippen LogP contribution in [0.25, 0.3) is 0 Å². The predicted molar refractivity (Wildman–Crippen MR) is 153 cm³/mol. The van der Waals surface area contributed by atoms with Gasteiger partial charge in [0.2, 0.25) is 0 Å². The maximum absolute atomic E-state index is 12.5. The fourth-order valence-electron chi connectivity index (χ4n) is 2.46. The van der Waals surface area contributed by atoms with Gasteiger partial charge in [-0.2, -0.15) is 0 Å². The van der Waals surface area contributed by atoms with E-state index in [1.807, 2.05) is 32.9 Å². The minimum atomic E-state index is -3.57. The monoisotopic (exact) mass is 568 g/mol. The summed E-state index contributed by atoms with van der Waals surface area (Å²) >= 11 is 0. The molecule has 0 radical (unpaired) electrons. The van der Waals surface area contributed by atoms with Crippen LogP contribution in [0.3, 0.4) is 0 Å². The number of hydrogen-bond acceptors (Lipinski definition) is 8. The van der Waals surface area contributed by atoms with Crippen molar-refractivity contribution in [3.63, 3.8) is 0 Å². The topological polar surface area (TPSA) is 89.5 Å². The second kappa shape index (κ2) is 19.8. The zero-order valence-electron chi connectivity index (χ0n) is 22.7. The summed E-state index contributed by atoms with van der Waals surface area (Å²) in [5.41, 5.74) is 0. The summed E-state index contributed by atoms with van der Waals surface area (Å²) in [5, 5.41) is 0. The van der Waals surface area contributed by atoms with Crippen LogP contribution in [0, 0.1) is 5.92 Å². The van der Waals surface area contributed by atoms with Crippen molar-refractivity contribution in [1.82, 2.24) is 0 Å². The lowest BCUT2D eigenvalue weighted by Gasteiger charge is -2.19. The second-order valence-corrected chi connectivity index (χ2v) is 11.6. The summed E-state index contributed by atoms with van der Waals surface area (Å²) in [6.45, 7) is 14.3. The molecule has 0 saturated heterocycles. The Balaban J connectivity index is 0.000000380. The second-order valence-electron chi connectivity index (χ2n) is 8.40. The van der Waals surface area contributed by atoms with E-state index in [0.717, 1.165) is 12.8 Å². The summed E-state index contributed by atoms with van der Waals surface area (Å²) in [4.78, 5) is 0. The van der Waals surface area contributed by atoms with Crippen LogP contribution >= 0.6 is 15.6 Å². The predicted octanol–water partition coefficient (Wildman–Crippen LogP) is 9.02. The lowest BCUT2D eigenvalue weighted by molar-refractivity contribution is 0.144. The highest BCUT2D eigenvalue weighted by molar-refractivity contribution is 7.49. The van der Waals surface area contributed by atoms with Gasteiger partial charge in [-0.05, 0) is 49.4 Å². The van der Waals surface area contributed by atoms with Crippen molar-refractivity contribution in [1.29, 1.82) is 0 Å². The highest BCUT2D eigenvalue weighted by Crippen LogP contribution is 2.50. The van der Waals surface area contributed by atoms with E-state index >= 15 is 0 Å². The smallest absolute Gasteiger partial charge is 0.404 e. The molecule has 0 saturated carbocycles. The third-order valence-electron chi connectivity index (χ3n) is 4.38. The first kappa shape index (κ1) is 33.8. The molecular weight excluding hydrogens is 526 g/mol. The molecule has 0 fully saturated rings. The molecule has 2 aromatic rings. The Morgan fingerprint density at radius 3 is 1.53 bits per heavy atom. The minimum Gasteiger partial charge on any atom is -0.404 e. The van der Waals surface area contributed by atoms with Crippen LogP contribution in [0.2, 0.25) is 0 Å². The maximum atomic E-state index is 12.5.